The molecule has 0 saturated carbocycles. The summed E-state index contributed by atoms with van der Waals surface area (Å²) in [4.78, 5) is 33.2. The Morgan fingerprint density at radius 1 is 0.889 bits per heavy atom. The Labute approximate surface area is 102 Å². The Bertz CT molecular complexity index is 496. The molecule has 0 aromatic carbocycles. The molecule has 0 radical (unpaired) electrons. The van der Waals surface area contributed by atoms with Gasteiger partial charge in [0.25, 0.3) is 11.8 Å². The number of carbonyl (C=O) groups excluding carboxylic acids is 2. The highest BCUT2D eigenvalue weighted by Crippen LogP contribution is 2.03. The predicted octanol–water partition coefficient (Wildman–Crippen LogP) is -2.09. The predicted molar refractivity (Wildman–Crippen MR) is 64.5 cm³/mol. The van der Waals surface area contributed by atoms with Gasteiger partial charge in [-0.2, -0.15) is 9.98 Å². The fraction of sp³-hybridized carbons (Fsp3) is 0. The van der Waals surface area contributed by atoms with Crippen molar-refractivity contribution in [2.75, 3.05) is 0 Å². The van der Waals surface area contributed by atoms with Gasteiger partial charge in [-0.15, -0.1) is 0 Å². The van der Waals surface area contributed by atoms with Gasteiger partial charge in [0.15, 0.2) is 11.9 Å². The number of aromatic nitrogens is 1. The highest BCUT2D eigenvalue weighted by Gasteiger charge is 2.11. The standard InChI is InChI=1S/C9H11N7O2/c10-8(11)15-6(17)4-2-1-3-5(14-4)7(18)16-9(12)13/h1-3H,(H4,10,11,15,17)(H4,12,13,16,18). The van der Waals surface area contributed by atoms with E-state index in [2.05, 4.69) is 15.0 Å². The maximum absolute atomic E-state index is 11.4. The molecule has 94 valence electrons. The molecule has 0 fully saturated rings. The van der Waals surface area contributed by atoms with E-state index < -0.39 is 23.7 Å². The lowest BCUT2D eigenvalue weighted by Crippen LogP contribution is -2.25. The largest absolute Gasteiger partial charge is 0.370 e. The number of nitrogens with zero attached hydrogens (tertiary/aromatic N) is 3. The molecule has 0 bridgehead atoms. The van der Waals surface area contributed by atoms with Crippen LogP contribution in [0.1, 0.15) is 21.0 Å². The van der Waals surface area contributed by atoms with E-state index in [4.69, 9.17) is 22.9 Å². The van der Waals surface area contributed by atoms with Crippen LogP contribution < -0.4 is 22.9 Å². The van der Waals surface area contributed by atoms with Crippen molar-refractivity contribution in [3.63, 3.8) is 0 Å². The third-order valence-corrected chi connectivity index (χ3v) is 1.65. The third kappa shape index (κ3) is 3.56. The van der Waals surface area contributed by atoms with Crippen molar-refractivity contribution < 1.29 is 9.59 Å². The first-order valence-electron chi connectivity index (χ1n) is 4.65. The molecule has 1 aromatic heterocycles. The quantitative estimate of drug-likeness (QED) is 0.343. The lowest BCUT2D eigenvalue weighted by atomic mass is 10.3. The summed E-state index contributed by atoms with van der Waals surface area (Å²) >= 11 is 0. The summed E-state index contributed by atoms with van der Waals surface area (Å²) in [5, 5.41) is 0. The maximum atomic E-state index is 11.4. The number of hydrogen-bond acceptors (Lipinski definition) is 3. The van der Waals surface area contributed by atoms with Gasteiger partial charge in [-0.25, -0.2) is 4.98 Å². The van der Waals surface area contributed by atoms with Gasteiger partial charge >= 0.3 is 0 Å². The average Bonchev–Trinajstić information content (AvgIpc) is 2.27. The summed E-state index contributed by atoms with van der Waals surface area (Å²) in [5.74, 6) is -2.34. The number of pyridine rings is 1. The van der Waals surface area contributed by atoms with Crippen LogP contribution in [0.25, 0.3) is 0 Å². The fourth-order valence-electron chi connectivity index (χ4n) is 1.02. The zero-order valence-electron chi connectivity index (χ0n) is 9.20. The van der Waals surface area contributed by atoms with Gasteiger partial charge in [-0.05, 0) is 12.1 Å². The minimum absolute atomic E-state index is 0.0972. The van der Waals surface area contributed by atoms with Crippen LogP contribution in [-0.4, -0.2) is 28.7 Å². The second kappa shape index (κ2) is 5.39. The Morgan fingerprint density at radius 3 is 1.61 bits per heavy atom. The van der Waals surface area contributed by atoms with E-state index in [9.17, 15) is 9.59 Å². The van der Waals surface area contributed by atoms with Gasteiger partial charge in [0.1, 0.15) is 11.4 Å². The van der Waals surface area contributed by atoms with E-state index in [1.807, 2.05) is 0 Å². The number of aliphatic imine (C=N–C) groups is 2. The smallest absolute Gasteiger partial charge is 0.298 e. The van der Waals surface area contributed by atoms with E-state index in [0.29, 0.717) is 0 Å². The van der Waals surface area contributed by atoms with Gasteiger partial charge in [-0.1, -0.05) is 6.07 Å². The van der Waals surface area contributed by atoms with Crippen molar-refractivity contribution in [1.82, 2.24) is 4.98 Å². The van der Waals surface area contributed by atoms with Crippen molar-refractivity contribution in [1.29, 1.82) is 0 Å². The lowest BCUT2D eigenvalue weighted by Gasteiger charge is -1.98. The molecule has 1 heterocycles. The second-order valence-electron chi connectivity index (χ2n) is 3.09. The van der Waals surface area contributed by atoms with Crippen LogP contribution in [0.15, 0.2) is 28.2 Å². The molecular formula is C9H11N7O2. The highest BCUT2D eigenvalue weighted by molar-refractivity contribution is 6.03. The van der Waals surface area contributed by atoms with Crippen LogP contribution in [0.2, 0.25) is 0 Å². The molecule has 0 aliphatic carbocycles. The lowest BCUT2D eigenvalue weighted by molar-refractivity contribution is 0.0994. The van der Waals surface area contributed by atoms with Crippen LogP contribution in [0, 0.1) is 0 Å². The minimum atomic E-state index is -0.769. The van der Waals surface area contributed by atoms with E-state index in [1.54, 1.807) is 0 Å². The van der Waals surface area contributed by atoms with Crippen molar-refractivity contribution in [3.8, 4) is 0 Å². The van der Waals surface area contributed by atoms with Crippen LogP contribution in [0.4, 0.5) is 0 Å². The monoisotopic (exact) mass is 249 g/mol. The zero-order chi connectivity index (χ0) is 13.7. The van der Waals surface area contributed by atoms with Gasteiger partial charge in [0, 0.05) is 0 Å². The Balaban J connectivity index is 3.07. The van der Waals surface area contributed by atoms with Crippen molar-refractivity contribution >= 4 is 23.7 Å². The number of guanidine groups is 2. The molecule has 2 amide bonds. The first-order chi connectivity index (χ1) is 8.40. The van der Waals surface area contributed by atoms with Crippen molar-refractivity contribution in [3.05, 3.63) is 29.6 Å². The van der Waals surface area contributed by atoms with Crippen LogP contribution >= 0.6 is 0 Å². The summed E-state index contributed by atoms with van der Waals surface area (Å²) < 4.78 is 0. The number of amides is 2. The number of carbonyl (C=O) groups is 2. The van der Waals surface area contributed by atoms with Gasteiger partial charge in [-0.3, -0.25) is 9.59 Å². The van der Waals surface area contributed by atoms with Crippen LogP contribution in [-0.2, 0) is 0 Å². The molecule has 1 rings (SSSR count). The van der Waals surface area contributed by atoms with E-state index >= 15 is 0 Å². The molecule has 0 unspecified atom stereocenters. The minimum Gasteiger partial charge on any atom is -0.370 e. The summed E-state index contributed by atoms with van der Waals surface area (Å²) in [6.45, 7) is 0. The molecule has 9 nitrogen and oxygen atoms in total. The topological polar surface area (TPSA) is 176 Å². The van der Waals surface area contributed by atoms with E-state index in [-0.39, 0.29) is 11.4 Å². The third-order valence-electron chi connectivity index (χ3n) is 1.65. The van der Waals surface area contributed by atoms with E-state index in [0.717, 1.165) is 0 Å². The molecule has 9 heteroatoms. The number of nitrogens with two attached hydrogens (primary N) is 4. The van der Waals surface area contributed by atoms with Crippen molar-refractivity contribution in [2.45, 2.75) is 0 Å². The first-order valence-corrected chi connectivity index (χ1v) is 4.65. The first kappa shape index (κ1) is 13.1. The molecular weight excluding hydrogens is 238 g/mol. The van der Waals surface area contributed by atoms with E-state index in [1.165, 1.54) is 18.2 Å². The molecule has 0 atom stereocenters. The Hall–Kier alpha value is -2.97. The van der Waals surface area contributed by atoms with Gasteiger partial charge < -0.3 is 22.9 Å². The summed E-state index contributed by atoms with van der Waals surface area (Å²) in [6.07, 6.45) is 0. The maximum Gasteiger partial charge on any atom is 0.298 e. The Morgan fingerprint density at radius 2 is 1.28 bits per heavy atom. The summed E-state index contributed by atoms with van der Waals surface area (Å²) in [7, 11) is 0. The molecule has 18 heavy (non-hydrogen) atoms. The van der Waals surface area contributed by atoms with Gasteiger partial charge in [0.2, 0.25) is 0 Å². The molecule has 0 saturated heterocycles. The number of rotatable bonds is 2. The summed E-state index contributed by atoms with van der Waals surface area (Å²) in [6, 6.07) is 4.13. The fourth-order valence-corrected chi connectivity index (χ4v) is 1.02. The molecule has 1 aromatic rings. The van der Waals surface area contributed by atoms with Gasteiger partial charge in [0.05, 0.1) is 0 Å². The Kier molecular flexibility index (Phi) is 3.92. The molecule has 0 spiro atoms. The SMILES string of the molecule is NC(N)=NC(=O)c1cccc(C(=O)N=C(N)N)n1. The second-order valence-corrected chi connectivity index (χ2v) is 3.09. The zero-order valence-corrected chi connectivity index (χ0v) is 9.20. The molecule has 0 aliphatic heterocycles. The highest BCUT2D eigenvalue weighted by atomic mass is 16.2. The van der Waals surface area contributed by atoms with Crippen molar-refractivity contribution in [2.24, 2.45) is 32.9 Å². The normalized spacial score (nSPS) is 9.33. The molecule has 8 N–H and O–H groups in total. The van der Waals surface area contributed by atoms with Crippen LogP contribution in [0.5, 0.6) is 0 Å². The molecule has 0 aliphatic rings. The summed E-state index contributed by atoms with van der Waals surface area (Å²) in [5.41, 5.74) is 20.0. The van der Waals surface area contributed by atoms with Crippen LogP contribution in [0.3, 0.4) is 0 Å². The number of hydrogen-bond donors (Lipinski definition) is 4. The average molecular weight is 249 g/mol.